The fourth-order valence-corrected chi connectivity index (χ4v) is 2.67. The summed E-state index contributed by atoms with van der Waals surface area (Å²) < 4.78 is 5.68. The Kier molecular flexibility index (Phi) is 6.44. The highest BCUT2D eigenvalue weighted by Gasteiger charge is 2.21. The highest BCUT2D eigenvalue weighted by atomic mass is 16.5. The topological polar surface area (TPSA) is 87.7 Å². The Balaban J connectivity index is 1.46. The van der Waals surface area contributed by atoms with E-state index in [0.29, 0.717) is 24.8 Å². The van der Waals surface area contributed by atoms with Crippen LogP contribution < -0.4 is 15.4 Å². The van der Waals surface area contributed by atoms with Crippen LogP contribution in [0, 0.1) is 5.92 Å². The van der Waals surface area contributed by atoms with Gasteiger partial charge in [0, 0.05) is 25.2 Å². The van der Waals surface area contributed by atoms with Gasteiger partial charge in [-0.2, -0.15) is 0 Å². The monoisotopic (exact) mass is 368 g/mol. The number of carboxylic acids is 1. The molecule has 1 amide bonds. The number of rotatable bonds is 10. The summed E-state index contributed by atoms with van der Waals surface area (Å²) in [5.74, 6) is 0.313. The maximum Gasteiger partial charge on any atom is 0.335 e. The van der Waals surface area contributed by atoms with Crippen LogP contribution >= 0.6 is 0 Å². The van der Waals surface area contributed by atoms with Gasteiger partial charge in [-0.05, 0) is 42.5 Å². The molecular weight excluding hydrogens is 344 g/mol. The van der Waals surface area contributed by atoms with Crippen LogP contribution in [0.4, 0.5) is 0 Å². The van der Waals surface area contributed by atoms with E-state index in [1.54, 1.807) is 24.3 Å². The highest BCUT2D eigenvalue weighted by molar-refractivity contribution is 5.87. The molecule has 1 saturated carbocycles. The predicted molar refractivity (Wildman–Crippen MR) is 102 cm³/mol. The van der Waals surface area contributed by atoms with Gasteiger partial charge >= 0.3 is 5.97 Å². The second-order valence-electron chi connectivity index (χ2n) is 6.75. The minimum Gasteiger partial charge on any atom is -0.483 e. The van der Waals surface area contributed by atoms with Gasteiger partial charge in [0.25, 0.3) is 5.91 Å². The lowest BCUT2D eigenvalue weighted by atomic mass is 10.1. The quantitative estimate of drug-likeness (QED) is 0.600. The summed E-state index contributed by atoms with van der Waals surface area (Å²) >= 11 is 0. The van der Waals surface area contributed by atoms with Crippen molar-refractivity contribution in [2.75, 3.05) is 13.2 Å². The summed E-state index contributed by atoms with van der Waals surface area (Å²) in [6.07, 6.45) is 2.41. The van der Waals surface area contributed by atoms with Crippen LogP contribution in [-0.4, -0.2) is 30.1 Å². The Morgan fingerprint density at radius 3 is 2.48 bits per heavy atom. The zero-order valence-electron chi connectivity index (χ0n) is 15.1. The number of carboxylic acid groups (broad SMARTS) is 1. The highest BCUT2D eigenvalue weighted by Crippen LogP contribution is 2.27. The Morgan fingerprint density at radius 1 is 1.04 bits per heavy atom. The van der Waals surface area contributed by atoms with Crippen molar-refractivity contribution in [3.05, 3.63) is 65.2 Å². The number of para-hydroxylation sites is 1. The van der Waals surface area contributed by atoms with E-state index in [4.69, 9.17) is 9.84 Å². The van der Waals surface area contributed by atoms with E-state index in [0.717, 1.165) is 17.7 Å². The second kappa shape index (κ2) is 9.19. The van der Waals surface area contributed by atoms with E-state index in [2.05, 4.69) is 10.6 Å². The van der Waals surface area contributed by atoms with E-state index in [-0.39, 0.29) is 18.1 Å². The maximum atomic E-state index is 11.8. The Morgan fingerprint density at radius 2 is 1.78 bits per heavy atom. The van der Waals surface area contributed by atoms with Crippen molar-refractivity contribution in [1.82, 2.24) is 10.6 Å². The average molecular weight is 368 g/mol. The molecule has 0 atom stereocenters. The number of hydrogen-bond acceptors (Lipinski definition) is 4. The molecule has 6 nitrogen and oxygen atoms in total. The summed E-state index contributed by atoms with van der Waals surface area (Å²) in [7, 11) is 0. The largest absolute Gasteiger partial charge is 0.483 e. The first kappa shape index (κ1) is 18.9. The Bertz CT molecular complexity index is 785. The molecule has 0 aromatic heterocycles. The van der Waals surface area contributed by atoms with E-state index >= 15 is 0 Å². The predicted octanol–water partition coefficient (Wildman–Crippen LogP) is 2.58. The molecule has 1 aliphatic rings. The number of benzene rings is 2. The molecule has 3 N–H and O–H groups in total. The lowest BCUT2D eigenvalue weighted by molar-refractivity contribution is -0.123. The van der Waals surface area contributed by atoms with E-state index in [9.17, 15) is 9.59 Å². The molecule has 0 aliphatic heterocycles. The van der Waals surface area contributed by atoms with Crippen LogP contribution in [0.3, 0.4) is 0 Å². The van der Waals surface area contributed by atoms with Crippen molar-refractivity contribution >= 4 is 11.9 Å². The number of amides is 1. The summed E-state index contributed by atoms with van der Waals surface area (Å²) in [4.78, 5) is 22.7. The normalized spacial score (nSPS) is 13.2. The fourth-order valence-electron chi connectivity index (χ4n) is 2.67. The van der Waals surface area contributed by atoms with Crippen LogP contribution in [0.2, 0.25) is 0 Å². The molecule has 0 bridgehead atoms. The number of carbonyl (C=O) groups is 2. The van der Waals surface area contributed by atoms with E-state index in [1.807, 2.05) is 24.3 Å². The minimum absolute atomic E-state index is 0.0143. The molecule has 1 aliphatic carbocycles. The van der Waals surface area contributed by atoms with Gasteiger partial charge in [0.15, 0.2) is 6.61 Å². The third-order valence-corrected chi connectivity index (χ3v) is 4.46. The first-order valence-corrected chi connectivity index (χ1v) is 9.12. The smallest absolute Gasteiger partial charge is 0.335 e. The number of carbonyl (C=O) groups excluding carboxylic acids is 1. The molecule has 0 heterocycles. The van der Waals surface area contributed by atoms with Gasteiger partial charge < -0.3 is 20.5 Å². The third kappa shape index (κ3) is 6.11. The molecule has 3 rings (SSSR count). The van der Waals surface area contributed by atoms with Crippen molar-refractivity contribution < 1.29 is 19.4 Å². The van der Waals surface area contributed by atoms with Gasteiger partial charge in [-0.3, -0.25) is 4.79 Å². The molecule has 0 unspecified atom stereocenters. The van der Waals surface area contributed by atoms with Gasteiger partial charge in [0.05, 0.1) is 5.56 Å². The first-order chi connectivity index (χ1) is 13.1. The molecular formula is C21H24N2O4. The van der Waals surface area contributed by atoms with Crippen LogP contribution in [-0.2, 0) is 17.9 Å². The summed E-state index contributed by atoms with van der Waals surface area (Å²) in [5.41, 5.74) is 2.24. The number of nitrogens with one attached hydrogen (secondary N) is 2. The first-order valence-electron chi connectivity index (χ1n) is 9.12. The molecule has 2 aromatic rings. The number of hydrogen-bond donors (Lipinski definition) is 3. The molecule has 27 heavy (non-hydrogen) atoms. The zero-order chi connectivity index (χ0) is 19.1. The van der Waals surface area contributed by atoms with Crippen molar-refractivity contribution in [3.63, 3.8) is 0 Å². The molecule has 0 radical (unpaired) electrons. The molecule has 6 heteroatoms. The maximum absolute atomic E-state index is 11.8. The third-order valence-electron chi connectivity index (χ3n) is 4.46. The molecule has 2 aromatic carbocycles. The lowest BCUT2D eigenvalue weighted by Gasteiger charge is -2.12. The van der Waals surface area contributed by atoms with E-state index in [1.165, 1.54) is 12.8 Å². The molecule has 0 saturated heterocycles. The average Bonchev–Trinajstić information content (AvgIpc) is 3.50. The Hall–Kier alpha value is -2.86. The van der Waals surface area contributed by atoms with Crippen LogP contribution in [0.15, 0.2) is 48.5 Å². The zero-order valence-corrected chi connectivity index (χ0v) is 15.1. The number of aromatic carboxylic acids is 1. The van der Waals surface area contributed by atoms with Crippen LogP contribution in [0.5, 0.6) is 5.75 Å². The summed E-state index contributed by atoms with van der Waals surface area (Å²) in [5, 5.41) is 15.1. The summed E-state index contributed by atoms with van der Waals surface area (Å²) in [6, 6.07) is 14.4. The van der Waals surface area contributed by atoms with Gasteiger partial charge in [-0.1, -0.05) is 30.3 Å². The second-order valence-corrected chi connectivity index (χ2v) is 6.75. The van der Waals surface area contributed by atoms with Gasteiger partial charge in [-0.25, -0.2) is 4.79 Å². The standard InChI is InChI=1S/C21H24N2O4/c24-20(23-12-16-5-6-16)14-27-19-4-2-1-3-18(19)13-22-11-15-7-9-17(10-8-15)21(25)26/h1-4,7-10,16,22H,5-6,11-14H2,(H,23,24)(H,25,26). The van der Waals surface area contributed by atoms with Crippen molar-refractivity contribution in [2.24, 2.45) is 5.92 Å². The Labute approximate surface area is 158 Å². The van der Waals surface area contributed by atoms with Gasteiger partial charge in [0.2, 0.25) is 0 Å². The van der Waals surface area contributed by atoms with Crippen molar-refractivity contribution in [2.45, 2.75) is 25.9 Å². The minimum atomic E-state index is -0.929. The van der Waals surface area contributed by atoms with Crippen LogP contribution in [0.25, 0.3) is 0 Å². The molecule has 142 valence electrons. The molecule has 1 fully saturated rings. The number of ether oxygens (including phenoxy) is 1. The SMILES string of the molecule is O=C(COc1ccccc1CNCc1ccc(C(=O)O)cc1)NCC1CC1. The van der Waals surface area contributed by atoms with Gasteiger partial charge in [0.1, 0.15) is 5.75 Å². The fraction of sp³-hybridized carbons (Fsp3) is 0.333. The van der Waals surface area contributed by atoms with Crippen LogP contribution in [0.1, 0.15) is 34.3 Å². The molecule has 0 spiro atoms. The van der Waals surface area contributed by atoms with Crippen molar-refractivity contribution in [1.29, 1.82) is 0 Å². The van der Waals surface area contributed by atoms with Gasteiger partial charge in [-0.15, -0.1) is 0 Å². The van der Waals surface area contributed by atoms with E-state index < -0.39 is 5.97 Å². The summed E-state index contributed by atoms with van der Waals surface area (Å²) in [6.45, 7) is 1.95. The van der Waals surface area contributed by atoms with Crippen molar-refractivity contribution in [3.8, 4) is 5.75 Å². The lowest BCUT2D eigenvalue weighted by Crippen LogP contribution is -2.30.